The lowest BCUT2D eigenvalue weighted by molar-refractivity contribution is -0.138. The van der Waals surface area contributed by atoms with E-state index >= 15 is 0 Å². The Morgan fingerprint density at radius 1 is 1.47 bits per heavy atom. The molecule has 0 aromatic carbocycles. The van der Waals surface area contributed by atoms with Crippen molar-refractivity contribution in [2.75, 3.05) is 6.54 Å². The third-order valence-electron chi connectivity index (χ3n) is 3.47. The maximum atomic E-state index is 12.5. The lowest BCUT2D eigenvalue weighted by Gasteiger charge is -2.36. The summed E-state index contributed by atoms with van der Waals surface area (Å²) in [5.41, 5.74) is 0. The molecule has 1 N–H and O–H groups in total. The summed E-state index contributed by atoms with van der Waals surface area (Å²) in [6.45, 7) is 9.14. The molecule has 2 rings (SSSR count). The number of thiazole rings is 1. The van der Waals surface area contributed by atoms with E-state index in [0.717, 1.165) is 24.4 Å². The number of rotatable bonds is 4. The average Bonchev–Trinajstić information content (AvgIpc) is 2.77. The van der Waals surface area contributed by atoms with Crippen LogP contribution in [-0.4, -0.2) is 34.4 Å². The monoisotopic (exact) mass is 281 g/mol. The van der Waals surface area contributed by atoms with Gasteiger partial charge in [-0.15, -0.1) is 11.3 Å². The van der Waals surface area contributed by atoms with Crippen molar-refractivity contribution >= 4 is 17.2 Å². The second-order valence-corrected chi connectivity index (χ2v) is 6.80. The normalized spacial score (nSPS) is 22.1. The highest BCUT2D eigenvalue weighted by Crippen LogP contribution is 2.28. The molecule has 4 nitrogen and oxygen atoms in total. The van der Waals surface area contributed by atoms with Gasteiger partial charge in [-0.25, -0.2) is 4.98 Å². The van der Waals surface area contributed by atoms with Crippen LogP contribution in [0.3, 0.4) is 0 Å². The number of nitrogens with one attached hydrogen (secondary N) is 1. The van der Waals surface area contributed by atoms with Gasteiger partial charge in [0.05, 0.1) is 12.1 Å². The Morgan fingerprint density at radius 3 is 2.79 bits per heavy atom. The van der Waals surface area contributed by atoms with Crippen molar-refractivity contribution < 1.29 is 4.79 Å². The highest BCUT2D eigenvalue weighted by molar-refractivity contribution is 7.11. The summed E-state index contributed by atoms with van der Waals surface area (Å²) in [5.74, 6) is 0.223. The van der Waals surface area contributed by atoms with Gasteiger partial charge >= 0.3 is 0 Å². The van der Waals surface area contributed by atoms with Crippen LogP contribution in [0.25, 0.3) is 0 Å². The van der Waals surface area contributed by atoms with Gasteiger partial charge in [-0.3, -0.25) is 4.79 Å². The van der Waals surface area contributed by atoms with Crippen LogP contribution in [-0.2, 0) is 4.79 Å². The highest BCUT2D eigenvalue weighted by Gasteiger charge is 2.33. The molecule has 0 aliphatic carbocycles. The van der Waals surface area contributed by atoms with Crippen molar-refractivity contribution in [3.63, 3.8) is 0 Å². The summed E-state index contributed by atoms with van der Waals surface area (Å²) >= 11 is 1.68. The van der Waals surface area contributed by atoms with E-state index in [1.54, 1.807) is 11.3 Å². The number of piperidine rings is 1. The fourth-order valence-corrected chi connectivity index (χ4v) is 3.38. The largest absolute Gasteiger partial charge is 0.332 e. The number of likely N-dealkylation sites (tertiary alicyclic amines) is 1. The van der Waals surface area contributed by atoms with Gasteiger partial charge in [0.2, 0.25) is 5.91 Å². The summed E-state index contributed by atoms with van der Waals surface area (Å²) in [6.07, 6.45) is 3.89. The minimum absolute atomic E-state index is 0.0303. The first kappa shape index (κ1) is 14.5. The Morgan fingerprint density at radius 2 is 2.21 bits per heavy atom. The van der Waals surface area contributed by atoms with Crippen molar-refractivity contribution in [3.8, 4) is 0 Å². The van der Waals surface area contributed by atoms with Gasteiger partial charge < -0.3 is 10.2 Å². The molecule has 1 aromatic heterocycles. The van der Waals surface area contributed by atoms with Crippen LogP contribution in [0.5, 0.6) is 0 Å². The molecule has 2 unspecified atom stereocenters. The summed E-state index contributed by atoms with van der Waals surface area (Å²) in [7, 11) is 0. The number of carbonyl (C=O) groups excluding carboxylic acids is 1. The van der Waals surface area contributed by atoms with Gasteiger partial charge in [0.15, 0.2) is 0 Å². The molecule has 1 saturated heterocycles. The zero-order valence-electron chi connectivity index (χ0n) is 12.1. The van der Waals surface area contributed by atoms with Gasteiger partial charge in [-0.1, -0.05) is 13.8 Å². The summed E-state index contributed by atoms with van der Waals surface area (Å²) in [4.78, 5) is 20.1. The van der Waals surface area contributed by atoms with Gasteiger partial charge in [-0.2, -0.15) is 0 Å². The Kier molecular flexibility index (Phi) is 4.58. The molecule has 1 aromatic rings. The molecule has 19 heavy (non-hydrogen) atoms. The van der Waals surface area contributed by atoms with E-state index in [-0.39, 0.29) is 18.0 Å². The third kappa shape index (κ3) is 3.34. The molecule has 0 spiro atoms. The fourth-order valence-electron chi connectivity index (χ4n) is 2.54. The third-order valence-corrected chi connectivity index (χ3v) is 4.55. The van der Waals surface area contributed by atoms with E-state index in [4.69, 9.17) is 0 Å². The number of carbonyl (C=O) groups is 1. The molecule has 1 aliphatic heterocycles. The molecule has 0 bridgehead atoms. The molecule has 5 heteroatoms. The Hall–Kier alpha value is -0.940. The summed E-state index contributed by atoms with van der Waals surface area (Å²) in [6, 6.07) is 0.395. The summed E-state index contributed by atoms with van der Waals surface area (Å²) in [5, 5.41) is 4.40. The number of amides is 1. The Bertz CT molecular complexity index is 444. The number of aromatic nitrogens is 1. The van der Waals surface area contributed by atoms with Crippen LogP contribution >= 0.6 is 11.3 Å². The lowest BCUT2D eigenvalue weighted by atomic mass is 10.0. The second-order valence-electron chi connectivity index (χ2n) is 5.53. The molecule has 0 saturated carbocycles. The molecule has 2 heterocycles. The topological polar surface area (TPSA) is 45.2 Å². The van der Waals surface area contributed by atoms with E-state index in [2.05, 4.69) is 38.0 Å². The molecule has 2 atom stereocenters. The molecule has 0 radical (unpaired) electrons. The number of aryl methyl sites for hydroxylation is 1. The van der Waals surface area contributed by atoms with Crippen LogP contribution in [0.4, 0.5) is 0 Å². The maximum absolute atomic E-state index is 12.5. The number of nitrogens with zero attached hydrogens (tertiary/aromatic N) is 2. The fraction of sp³-hybridized carbons (Fsp3) is 0.714. The zero-order chi connectivity index (χ0) is 14.0. The average molecular weight is 281 g/mol. The first-order valence-electron chi connectivity index (χ1n) is 6.98. The van der Waals surface area contributed by atoms with E-state index in [9.17, 15) is 4.79 Å². The van der Waals surface area contributed by atoms with Crippen LogP contribution in [0.2, 0.25) is 0 Å². The van der Waals surface area contributed by atoms with Gasteiger partial charge in [0.25, 0.3) is 0 Å². The minimum Gasteiger partial charge on any atom is -0.332 e. The summed E-state index contributed by atoms with van der Waals surface area (Å²) < 4.78 is 0. The first-order valence-corrected chi connectivity index (χ1v) is 7.79. The van der Waals surface area contributed by atoms with Crippen LogP contribution in [0, 0.1) is 6.92 Å². The molecule has 106 valence electrons. The van der Waals surface area contributed by atoms with E-state index < -0.39 is 0 Å². The zero-order valence-corrected chi connectivity index (χ0v) is 13.0. The van der Waals surface area contributed by atoms with Crippen molar-refractivity contribution in [1.29, 1.82) is 0 Å². The number of hydrogen-bond acceptors (Lipinski definition) is 4. The van der Waals surface area contributed by atoms with Crippen LogP contribution < -0.4 is 5.32 Å². The number of hydrogen-bond donors (Lipinski definition) is 1. The smallest absolute Gasteiger partial charge is 0.240 e. The molecular weight excluding hydrogens is 258 g/mol. The van der Waals surface area contributed by atoms with E-state index in [1.807, 2.05) is 11.1 Å². The van der Waals surface area contributed by atoms with Crippen LogP contribution in [0.1, 0.15) is 49.5 Å². The highest BCUT2D eigenvalue weighted by atomic mass is 32.1. The molecule has 1 aliphatic rings. The molecular formula is C14H23N3OS. The Balaban J connectivity index is 2.08. The van der Waals surface area contributed by atoms with Gasteiger partial charge in [-0.05, 0) is 26.7 Å². The van der Waals surface area contributed by atoms with Crippen molar-refractivity contribution in [1.82, 2.24) is 15.2 Å². The first-order chi connectivity index (χ1) is 8.99. The maximum Gasteiger partial charge on any atom is 0.240 e. The molecule has 1 fully saturated rings. The standard InChI is InChI=1S/C14H23N3OS/c1-9(2)16-12-6-5-7-17(14(12)18)11(4)13-15-8-10(3)19-13/h8-9,11-12,16H,5-7H2,1-4H3. The lowest BCUT2D eigenvalue weighted by Crippen LogP contribution is -2.52. The quantitative estimate of drug-likeness (QED) is 0.922. The van der Waals surface area contributed by atoms with Crippen molar-refractivity contribution in [2.24, 2.45) is 0 Å². The van der Waals surface area contributed by atoms with Crippen molar-refractivity contribution in [2.45, 2.75) is 58.7 Å². The minimum atomic E-state index is -0.0303. The Labute approximate surface area is 119 Å². The van der Waals surface area contributed by atoms with Crippen LogP contribution in [0.15, 0.2) is 6.20 Å². The second kappa shape index (κ2) is 6.01. The van der Waals surface area contributed by atoms with Crippen molar-refractivity contribution in [3.05, 3.63) is 16.1 Å². The predicted octanol–water partition coefficient (Wildman–Crippen LogP) is 2.50. The van der Waals surface area contributed by atoms with Gasteiger partial charge in [0, 0.05) is 23.7 Å². The predicted molar refractivity (Wildman–Crippen MR) is 78.3 cm³/mol. The SMILES string of the molecule is Cc1cnc(C(C)N2CCCC(NC(C)C)C2=O)s1. The van der Waals surface area contributed by atoms with Gasteiger partial charge in [0.1, 0.15) is 5.01 Å². The van der Waals surface area contributed by atoms with E-state index in [1.165, 1.54) is 4.88 Å². The molecule has 1 amide bonds. The van der Waals surface area contributed by atoms with E-state index in [0.29, 0.717) is 6.04 Å².